The summed E-state index contributed by atoms with van der Waals surface area (Å²) in [5.74, 6) is 2.70. The second kappa shape index (κ2) is 3.97. The minimum Gasteiger partial charge on any atom is -0.497 e. The summed E-state index contributed by atoms with van der Waals surface area (Å²) < 4.78 is 12.5. The van der Waals surface area contributed by atoms with Gasteiger partial charge in [0.2, 0.25) is 0 Å². The first-order valence-electron chi connectivity index (χ1n) is 5.39. The van der Waals surface area contributed by atoms with E-state index in [2.05, 4.69) is 4.98 Å². The van der Waals surface area contributed by atoms with Crippen LogP contribution in [0, 0.1) is 0 Å². The predicted octanol–water partition coefficient (Wildman–Crippen LogP) is 2.53. The quantitative estimate of drug-likeness (QED) is 0.691. The summed E-state index contributed by atoms with van der Waals surface area (Å²) in [5, 5.41) is 0. The molecule has 17 heavy (non-hydrogen) atoms. The zero-order valence-corrected chi connectivity index (χ0v) is 9.46. The zero-order valence-electron chi connectivity index (χ0n) is 9.46. The van der Waals surface area contributed by atoms with Crippen LogP contribution in [0.25, 0.3) is 5.52 Å². The molecule has 0 aliphatic rings. The molecule has 0 unspecified atom stereocenters. The predicted molar refractivity (Wildman–Crippen MR) is 63.3 cm³/mol. The Labute approximate surface area is 98.5 Å². The highest BCUT2D eigenvalue weighted by Gasteiger charge is 2.06. The van der Waals surface area contributed by atoms with E-state index in [1.165, 1.54) is 0 Å². The largest absolute Gasteiger partial charge is 0.497 e. The molecule has 4 nitrogen and oxygen atoms in total. The van der Waals surface area contributed by atoms with E-state index in [1.807, 2.05) is 41.1 Å². The van der Waals surface area contributed by atoms with Crippen molar-refractivity contribution in [3.63, 3.8) is 0 Å². The third kappa shape index (κ3) is 1.78. The lowest BCUT2D eigenvalue weighted by molar-refractivity contribution is 0.414. The molecule has 0 radical (unpaired) electrons. The van der Waals surface area contributed by atoms with Crippen molar-refractivity contribution in [1.82, 2.24) is 9.38 Å². The van der Waals surface area contributed by atoms with Crippen LogP contribution in [0.15, 0.2) is 47.3 Å². The van der Waals surface area contributed by atoms with E-state index in [-0.39, 0.29) is 0 Å². The van der Waals surface area contributed by atoms with Gasteiger partial charge in [0.15, 0.2) is 0 Å². The summed E-state index contributed by atoms with van der Waals surface area (Å²) in [4.78, 5) is 4.39. The molecule has 0 aliphatic heterocycles. The normalized spacial score (nSPS) is 10.9. The van der Waals surface area contributed by atoms with Crippen LogP contribution in [0.1, 0.15) is 11.6 Å². The molecule has 4 heteroatoms. The fourth-order valence-corrected chi connectivity index (χ4v) is 1.86. The Balaban J connectivity index is 2.00. The van der Waals surface area contributed by atoms with Crippen LogP contribution in [0.3, 0.4) is 0 Å². The summed E-state index contributed by atoms with van der Waals surface area (Å²) in [5.41, 5.74) is 1.02. The summed E-state index contributed by atoms with van der Waals surface area (Å²) >= 11 is 0. The number of ether oxygens (including phenoxy) is 1. The first-order valence-corrected chi connectivity index (χ1v) is 5.39. The van der Waals surface area contributed by atoms with Crippen LogP contribution >= 0.6 is 0 Å². The number of aromatic nitrogens is 2. The fourth-order valence-electron chi connectivity index (χ4n) is 1.86. The first kappa shape index (κ1) is 9.96. The molecule has 3 aromatic rings. The highest BCUT2D eigenvalue weighted by Crippen LogP contribution is 2.17. The fraction of sp³-hybridized carbons (Fsp3) is 0.154. The van der Waals surface area contributed by atoms with Crippen LogP contribution in [0.2, 0.25) is 0 Å². The second-order valence-electron chi connectivity index (χ2n) is 3.79. The van der Waals surface area contributed by atoms with Crippen molar-refractivity contribution in [1.29, 1.82) is 0 Å². The molecule has 0 saturated heterocycles. The smallest absolute Gasteiger partial charge is 0.122 e. The Bertz CT molecular complexity index is 626. The molecule has 0 spiro atoms. The highest BCUT2D eigenvalue weighted by atomic mass is 16.5. The monoisotopic (exact) mass is 228 g/mol. The maximum Gasteiger partial charge on any atom is 0.122 e. The SMILES string of the molecule is COc1ccn2c(Cc3ccco3)ncc2c1. The van der Waals surface area contributed by atoms with Crippen molar-refractivity contribution < 1.29 is 9.15 Å². The third-order valence-electron chi connectivity index (χ3n) is 2.73. The molecule has 3 aromatic heterocycles. The number of fused-ring (bicyclic) bond motifs is 1. The topological polar surface area (TPSA) is 39.7 Å². The summed E-state index contributed by atoms with van der Waals surface area (Å²) in [6.45, 7) is 0. The van der Waals surface area contributed by atoms with E-state index in [1.54, 1.807) is 13.4 Å². The Morgan fingerprint density at radius 3 is 3.12 bits per heavy atom. The van der Waals surface area contributed by atoms with Crippen LogP contribution in [0.4, 0.5) is 0 Å². The Hall–Kier alpha value is -2.23. The van der Waals surface area contributed by atoms with Crippen molar-refractivity contribution in [3.8, 4) is 5.75 Å². The number of imidazole rings is 1. The molecule has 0 aliphatic carbocycles. The van der Waals surface area contributed by atoms with Gasteiger partial charge in [-0.1, -0.05) is 0 Å². The van der Waals surface area contributed by atoms with E-state index in [4.69, 9.17) is 9.15 Å². The van der Waals surface area contributed by atoms with Crippen LogP contribution < -0.4 is 4.74 Å². The number of pyridine rings is 1. The Kier molecular flexibility index (Phi) is 2.33. The minimum atomic E-state index is 0.688. The lowest BCUT2D eigenvalue weighted by atomic mass is 10.3. The molecule has 0 atom stereocenters. The van der Waals surface area contributed by atoms with E-state index < -0.39 is 0 Å². The lowest BCUT2D eigenvalue weighted by Crippen LogP contribution is -1.95. The minimum absolute atomic E-state index is 0.688. The molecule has 0 fully saturated rings. The molecule has 0 aromatic carbocycles. The van der Waals surface area contributed by atoms with Gasteiger partial charge in [0.25, 0.3) is 0 Å². The maximum absolute atomic E-state index is 5.32. The molecule has 0 amide bonds. The highest BCUT2D eigenvalue weighted by molar-refractivity contribution is 5.50. The van der Waals surface area contributed by atoms with E-state index >= 15 is 0 Å². The summed E-state index contributed by atoms with van der Waals surface area (Å²) in [6.07, 6.45) is 6.15. The lowest BCUT2D eigenvalue weighted by Gasteiger charge is -2.02. The molecule has 86 valence electrons. The molecule has 0 bridgehead atoms. The van der Waals surface area contributed by atoms with E-state index in [0.29, 0.717) is 6.42 Å². The van der Waals surface area contributed by atoms with Gasteiger partial charge >= 0.3 is 0 Å². The van der Waals surface area contributed by atoms with Crippen molar-refractivity contribution in [3.05, 3.63) is 54.5 Å². The average Bonchev–Trinajstić information content (AvgIpc) is 2.99. The Morgan fingerprint density at radius 2 is 2.35 bits per heavy atom. The molecule has 3 heterocycles. The third-order valence-corrected chi connectivity index (χ3v) is 2.73. The van der Waals surface area contributed by atoms with Crippen molar-refractivity contribution in [2.24, 2.45) is 0 Å². The van der Waals surface area contributed by atoms with Crippen LogP contribution in [0.5, 0.6) is 5.75 Å². The first-order chi connectivity index (χ1) is 8.36. The van der Waals surface area contributed by atoms with Gasteiger partial charge in [0.1, 0.15) is 17.3 Å². The van der Waals surface area contributed by atoms with Crippen LogP contribution in [-0.2, 0) is 6.42 Å². The molecular weight excluding hydrogens is 216 g/mol. The number of hydrogen-bond acceptors (Lipinski definition) is 3. The molecule has 0 saturated carbocycles. The van der Waals surface area contributed by atoms with Crippen molar-refractivity contribution >= 4 is 5.52 Å². The van der Waals surface area contributed by atoms with Gasteiger partial charge in [0, 0.05) is 12.3 Å². The Morgan fingerprint density at radius 1 is 1.41 bits per heavy atom. The van der Waals surface area contributed by atoms with Crippen molar-refractivity contribution in [2.45, 2.75) is 6.42 Å². The van der Waals surface area contributed by atoms with Gasteiger partial charge in [-0.25, -0.2) is 4.98 Å². The molecule has 3 rings (SSSR count). The standard InChI is InChI=1S/C13H12N2O2/c1-16-11-4-5-15-10(7-11)9-14-13(15)8-12-3-2-6-17-12/h2-7,9H,8H2,1H3. The number of methoxy groups -OCH3 is 1. The van der Waals surface area contributed by atoms with Gasteiger partial charge in [-0.2, -0.15) is 0 Å². The number of furan rings is 1. The summed E-state index contributed by atoms with van der Waals surface area (Å²) in [7, 11) is 1.66. The van der Waals surface area contributed by atoms with E-state index in [9.17, 15) is 0 Å². The number of rotatable bonds is 3. The van der Waals surface area contributed by atoms with Gasteiger partial charge in [0.05, 0.1) is 31.5 Å². The maximum atomic E-state index is 5.32. The summed E-state index contributed by atoms with van der Waals surface area (Å²) in [6, 6.07) is 7.71. The van der Waals surface area contributed by atoms with Crippen LogP contribution in [-0.4, -0.2) is 16.5 Å². The van der Waals surface area contributed by atoms with Crippen molar-refractivity contribution in [2.75, 3.05) is 7.11 Å². The molecular formula is C13H12N2O2. The zero-order chi connectivity index (χ0) is 11.7. The second-order valence-corrected chi connectivity index (χ2v) is 3.79. The number of hydrogen-bond donors (Lipinski definition) is 0. The van der Waals surface area contributed by atoms with Gasteiger partial charge in [-0.15, -0.1) is 0 Å². The van der Waals surface area contributed by atoms with Gasteiger partial charge in [-0.3, -0.25) is 0 Å². The average molecular weight is 228 g/mol. The van der Waals surface area contributed by atoms with Gasteiger partial charge < -0.3 is 13.6 Å². The van der Waals surface area contributed by atoms with E-state index in [0.717, 1.165) is 22.9 Å². The number of nitrogens with zero attached hydrogens (tertiary/aromatic N) is 2. The van der Waals surface area contributed by atoms with Gasteiger partial charge in [-0.05, 0) is 18.2 Å². The molecule has 0 N–H and O–H groups in total.